The highest BCUT2D eigenvalue weighted by Gasteiger charge is 1.99. The van der Waals surface area contributed by atoms with Crippen LogP contribution in [0.4, 0.5) is 0 Å². The van der Waals surface area contributed by atoms with E-state index in [-0.39, 0.29) is 0 Å². The van der Waals surface area contributed by atoms with E-state index in [0.717, 1.165) is 12.4 Å². The largest absolute Gasteiger partial charge is 0.494 e. The van der Waals surface area contributed by atoms with Gasteiger partial charge in [0.1, 0.15) is 5.75 Å². The van der Waals surface area contributed by atoms with E-state index < -0.39 is 0 Å². The van der Waals surface area contributed by atoms with Crippen molar-refractivity contribution in [2.45, 2.75) is 26.7 Å². The summed E-state index contributed by atoms with van der Waals surface area (Å²) in [5, 5.41) is 0. The molecule has 0 atom stereocenters. The second-order valence-electron chi connectivity index (χ2n) is 3.09. The van der Waals surface area contributed by atoms with Gasteiger partial charge in [-0.05, 0) is 36.6 Å². The first-order valence-corrected chi connectivity index (χ1v) is 4.38. The van der Waals surface area contributed by atoms with Gasteiger partial charge < -0.3 is 4.74 Å². The summed E-state index contributed by atoms with van der Waals surface area (Å²) in [6.07, 6.45) is 0. The highest BCUT2D eigenvalue weighted by molar-refractivity contribution is 5.29. The molecule has 1 rings (SSSR count). The molecule has 0 spiro atoms. The zero-order valence-corrected chi connectivity index (χ0v) is 7.92. The standard InChI is InChI=1S/C11H15O/c1-4-12-11-7-5-6-10(8-11)9(2)3/h6-9H,4H2,1-3H3. The van der Waals surface area contributed by atoms with Crippen LogP contribution in [0.2, 0.25) is 0 Å². The van der Waals surface area contributed by atoms with Crippen LogP contribution < -0.4 is 4.74 Å². The van der Waals surface area contributed by atoms with E-state index in [2.05, 4.69) is 26.0 Å². The second kappa shape index (κ2) is 4.15. The zero-order chi connectivity index (χ0) is 8.97. The van der Waals surface area contributed by atoms with E-state index in [9.17, 15) is 0 Å². The zero-order valence-electron chi connectivity index (χ0n) is 7.92. The van der Waals surface area contributed by atoms with E-state index in [1.807, 2.05) is 19.1 Å². The minimum absolute atomic E-state index is 0.543. The molecule has 0 unspecified atom stereocenters. The van der Waals surface area contributed by atoms with Crippen molar-refractivity contribution in [3.05, 3.63) is 29.8 Å². The molecule has 0 N–H and O–H groups in total. The molecule has 0 aliphatic heterocycles. The predicted octanol–water partition coefficient (Wildman–Crippen LogP) is 3.01. The fourth-order valence-corrected chi connectivity index (χ4v) is 1.05. The van der Waals surface area contributed by atoms with Crippen LogP contribution in [0.3, 0.4) is 0 Å². The summed E-state index contributed by atoms with van der Waals surface area (Å²) in [5.74, 6) is 1.46. The monoisotopic (exact) mass is 163 g/mol. The Morgan fingerprint density at radius 3 is 2.75 bits per heavy atom. The van der Waals surface area contributed by atoms with E-state index >= 15 is 0 Å². The number of hydrogen-bond donors (Lipinski definition) is 0. The highest BCUT2D eigenvalue weighted by atomic mass is 16.5. The van der Waals surface area contributed by atoms with Crippen LogP contribution >= 0.6 is 0 Å². The Morgan fingerprint density at radius 2 is 2.17 bits per heavy atom. The van der Waals surface area contributed by atoms with Crippen LogP contribution in [-0.2, 0) is 0 Å². The molecule has 1 radical (unpaired) electrons. The molecule has 0 heterocycles. The molecular formula is C11H15O. The topological polar surface area (TPSA) is 9.23 Å². The van der Waals surface area contributed by atoms with Gasteiger partial charge >= 0.3 is 0 Å². The molecule has 0 aliphatic rings. The van der Waals surface area contributed by atoms with Crippen LogP contribution in [0.15, 0.2) is 18.2 Å². The Bertz CT molecular complexity index is 241. The average Bonchev–Trinajstić information content (AvgIpc) is 2.05. The van der Waals surface area contributed by atoms with Crippen molar-refractivity contribution in [2.24, 2.45) is 0 Å². The summed E-state index contributed by atoms with van der Waals surface area (Å²) in [6, 6.07) is 9.02. The van der Waals surface area contributed by atoms with Gasteiger partial charge in [-0.2, -0.15) is 0 Å². The molecule has 0 aromatic heterocycles. The third-order valence-electron chi connectivity index (χ3n) is 1.76. The molecule has 0 saturated carbocycles. The predicted molar refractivity (Wildman–Crippen MR) is 50.5 cm³/mol. The summed E-state index contributed by atoms with van der Waals surface area (Å²) in [4.78, 5) is 0. The van der Waals surface area contributed by atoms with Gasteiger partial charge in [0.25, 0.3) is 0 Å². The third-order valence-corrected chi connectivity index (χ3v) is 1.76. The Labute approximate surface area is 74.4 Å². The molecular weight excluding hydrogens is 148 g/mol. The molecule has 0 amide bonds. The SMILES string of the molecule is CCOc1c[c]cc(C(C)C)c1. The summed E-state index contributed by atoms with van der Waals surface area (Å²) in [5.41, 5.74) is 1.28. The lowest BCUT2D eigenvalue weighted by Gasteiger charge is -2.07. The van der Waals surface area contributed by atoms with Crippen molar-refractivity contribution in [1.29, 1.82) is 0 Å². The van der Waals surface area contributed by atoms with Gasteiger partial charge in [0.2, 0.25) is 0 Å². The van der Waals surface area contributed by atoms with Crippen molar-refractivity contribution >= 4 is 0 Å². The van der Waals surface area contributed by atoms with Crippen molar-refractivity contribution in [1.82, 2.24) is 0 Å². The molecule has 1 nitrogen and oxygen atoms in total. The first-order valence-electron chi connectivity index (χ1n) is 4.38. The molecule has 1 aromatic rings. The Hall–Kier alpha value is -0.980. The minimum Gasteiger partial charge on any atom is -0.494 e. The maximum Gasteiger partial charge on any atom is 0.120 e. The van der Waals surface area contributed by atoms with Gasteiger partial charge in [0, 0.05) is 0 Å². The third kappa shape index (κ3) is 2.26. The number of ether oxygens (including phenoxy) is 1. The van der Waals surface area contributed by atoms with Gasteiger partial charge in [-0.15, -0.1) is 0 Å². The quantitative estimate of drug-likeness (QED) is 0.665. The van der Waals surface area contributed by atoms with Crippen molar-refractivity contribution in [2.75, 3.05) is 6.61 Å². The molecule has 0 bridgehead atoms. The normalized spacial score (nSPS) is 10.3. The maximum absolute atomic E-state index is 5.37. The fraction of sp³-hybridized carbons (Fsp3) is 0.455. The number of benzene rings is 1. The molecule has 12 heavy (non-hydrogen) atoms. The molecule has 0 aliphatic carbocycles. The van der Waals surface area contributed by atoms with Crippen LogP contribution in [0.25, 0.3) is 0 Å². The van der Waals surface area contributed by atoms with E-state index in [1.54, 1.807) is 0 Å². The van der Waals surface area contributed by atoms with Crippen LogP contribution in [0.1, 0.15) is 32.3 Å². The second-order valence-corrected chi connectivity index (χ2v) is 3.09. The van der Waals surface area contributed by atoms with Crippen LogP contribution in [-0.4, -0.2) is 6.61 Å². The first kappa shape index (κ1) is 9.11. The number of hydrogen-bond acceptors (Lipinski definition) is 1. The van der Waals surface area contributed by atoms with Gasteiger partial charge in [-0.25, -0.2) is 0 Å². The van der Waals surface area contributed by atoms with Gasteiger partial charge in [-0.3, -0.25) is 0 Å². The Kier molecular flexibility index (Phi) is 3.15. The smallest absolute Gasteiger partial charge is 0.120 e. The van der Waals surface area contributed by atoms with Crippen LogP contribution in [0, 0.1) is 6.07 Å². The van der Waals surface area contributed by atoms with E-state index in [1.165, 1.54) is 5.56 Å². The summed E-state index contributed by atoms with van der Waals surface area (Å²) in [7, 11) is 0. The lowest BCUT2D eigenvalue weighted by atomic mass is 10.0. The van der Waals surface area contributed by atoms with Gasteiger partial charge in [-0.1, -0.05) is 19.9 Å². The van der Waals surface area contributed by atoms with E-state index in [4.69, 9.17) is 4.74 Å². The molecule has 0 fully saturated rings. The summed E-state index contributed by atoms with van der Waals surface area (Å²) < 4.78 is 5.37. The van der Waals surface area contributed by atoms with Crippen molar-refractivity contribution in [3.63, 3.8) is 0 Å². The van der Waals surface area contributed by atoms with Crippen LogP contribution in [0.5, 0.6) is 5.75 Å². The minimum atomic E-state index is 0.543. The molecule has 1 aromatic carbocycles. The average molecular weight is 163 g/mol. The Morgan fingerprint density at radius 1 is 1.42 bits per heavy atom. The van der Waals surface area contributed by atoms with Crippen molar-refractivity contribution in [3.8, 4) is 5.75 Å². The lowest BCUT2D eigenvalue weighted by Crippen LogP contribution is -1.93. The number of rotatable bonds is 3. The van der Waals surface area contributed by atoms with Gasteiger partial charge in [0.15, 0.2) is 0 Å². The first-order chi connectivity index (χ1) is 5.74. The fourth-order valence-electron chi connectivity index (χ4n) is 1.05. The van der Waals surface area contributed by atoms with Gasteiger partial charge in [0.05, 0.1) is 6.61 Å². The maximum atomic E-state index is 5.37. The molecule has 65 valence electrons. The molecule has 0 saturated heterocycles. The van der Waals surface area contributed by atoms with Crippen molar-refractivity contribution < 1.29 is 4.74 Å². The Balaban J connectivity index is 2.81. The molecule has 1 heteroatoms. The lowest BCUT2D eigenvalue weighted by molar-refractivity contribution is 0.339. The van der Waals surface area contributed by atoms with E-state index in [0.29, 0.717) is 5.92 Å². The summed E-state index contributed by atoms with van der Waals surface area (Å²) in [6.45, 7) is 7.04. The summed E-state index contributed by atoms with van der Waals surface area (Å²) >= 11 is 0. The highest BCUT2D eigenvalue weighted by Crippen LogP contribution is 2.19.